The Morgan fingerprint density at radius 1 is 1.32 bits per heavy atom. The van der Waals surface area contributed by atoms with Crippen molar-refractivity contribution in [2.45, 2.75) is 25.6 Å². The van der Waals surface area contributed by atoms with Crippen molar-refractivity contribution in [1.29, 1.82) is 0 Å². The molecule has 1 aromatic carbocycles. The highest BCUT2D eigenvalue weighted by Gasteiger charge is 2.30. The second kappa shape index (κ2) is 10.2. The molecule has 10 heteroatoms. The molecule has 2 aliphatic heterocycles. The molecule has 1 aromatic rings. The van der Waals surface area contributed by atoms with Gasteiger partial charge < -0.3 is 15.0 Å². The molecule has 0 aromatic heterocycles. The number of benzene rings is 1. The summed E-state index contributed by atoms with van der Waals surface area (Å²) in [5.41, 5.74) is 0.923. The molecule has 0 radical (unpaired) electrons. The van der Waals surface area contributed by atoms with E-state index in [2.05, 4.69) is 15.2 Å². The molecule has 0 amide bonds. The zero-order valence-corrected chi connectivity index (χ0v) is 19.3. The Bertz CT molecular complexity index is 776. The number of aliphatic imine (C=N–C) groups is 1. The van der Waals surface area contributed by atoms with E-state index in [4.69, 9.17) is 4.74 Å². The van der Waals surface area contributed by atoms with Crippen LogP contribution in [0.5, 0.6) is 0 Å². The maximum absolute atomic E-state index is 13.2. The van der Waals surface area contributed by atoms with Gasteiger partial charge in [0.2, 0.25) is 10.0 Å². The molecule has 2 atom stereocenters. The molecule has 2 saturated heterocycles. The maximum atomic E-state index is 13.2. The van der Waals surface area contributed by atoms with E-state index < -0.39 is 10.0 Å². The molecule has 2 aliphatic rings. The molecular weight excluding hydrogens is 498 g/mol. The fourth-order valence-corrected chi connectivity index (χ4v) is 5.08. The highest BCUT2D eigenvalue weighted by molar-refractivity contribution is 14.0. The summed E-state index contributed by atoms with van der Waals surface area (Å²) in [6.45, 7) is 4.79. The Labute approximate surface area is 183 Å². The lowest BCUT2D eigenvalue weighted by Crippen LogP contribution is -2.51. The largest absolute Gasteiger partial charge is 0.367 e. The van der Waals surface area contributed by atoms with Gasteiger partial charge in [-0.3, -0.25) is 4.99 Å². The fourth-order valence-electron chi connectivity index (χ4n) is 3.55. The average molecular weight is 526 g/mol. The zero-order valence-electron chi connectivity index (χ0n) is 16.2. The number of rotatable bonds is 4. The van der Waals surface area contributed by atoms with Gasteiger partial charge in [-0.2, -0.15) is 0 Å². The van der Waals surface area contributed by atoms with Crippen LogP contribution in [0.4, 0.5) is 4.39 Å². The molecule has 158 valence electrons. The minimum Gasteiger partial charge on any atom is -0.367 e. The molecule has 2 unspecified atom stereocenters. The van der Waals surface area contributed by atoms with E-state index in [1.807, 2.05) is 6.92 Å². The van der Waals surface area contributed by atoms with Crippen LogP contribution < -0.4 is 5.32 Å². The lowest BCUT2D eigenvalue weighted by atomic mass is 10.1. The lowest BCUT2D eigenvalue weighted by molar-refractivity contribution is -0.0605. The van der Waals surface area contributed by atoms with E-state index in [0.717, 1.165) is 5.56 Å². The summed E-state index contributed by atoms with van der Waals surface area (Å²) in [6, 6.07) is 6.35. The van der Waals surface area contributed by atoms with Gasteiger partial charge in [-0.1, -0.05) is 12.1 Å². The monoisotopic (exact) mass is 526 g/mol. The van der Waals surface area contributed by atoms with E-state index in [1.54, 1.807) is 19.2 Å². The van der Waals surface area contributed by atoms with Crippen molar-refractivity contribution >= 4 is 40.0 Å². The first-order valence-electron chi connectivity index (χ1n) is 9.23. The third kappa shape index (κ3) is 5.77. The number of nitrogens with zero attached hydrogens (tertiary/aromatic N) is 3. The third-order valence-corrected chi connectivity index (χ3v) is 6.82. The summed E-state index contributed by atoms with van der Waals surface area (Å²) in [7, 11) is -1.37. The van der Waals surface area contributed by atoms with Gasteiger partial charge >= 0.3 is 0 Å². The highest BCUT2D eigenvalue weighted by Crippen LogP contribution is 2.25. The van der Waals surface area contributed by atoms with Crippen molar-refractivity contribution in [3.63, 3.8) is 0 Å². The predicted octanol–water partition coefficient (Wildman–Crippen LogP) is 1.82. The molecule has 2 heterocycles. The summed E-state index contributed by atoms with van der Waals surface area (Å²) in [6.07, 6.45) is 0.510. The van der Waals surface area contributed by atoms with Gasteiger partial charge in [-0.25, -0.2) is 17.1 Å². The number of hydrogen-bond donors (Lipinski definition) is 1. The Kier molecular flexibility index (Phi) is 8.46. The maximum Gasteiger partial charge on any atom is 0.214 e. The predicted molar refractivity (Wildman–Crippen MR) is 118 cm³/mol. The van der Waals surface area contributed by atoms with Crippen LogP contribution in [0.25, 0.3) is 0 Å². The van der Waals surface area contributed by atoms with Gasteiger partial charge in [0.15, 0.2) is 5.96 Å². The average Bonchev–Trinajstić information content (AvgIpc) is 2.97. The van der Waals surface area contributed by atoms with Crippen LogP contribution in [0.3, 0.4) is 0 Å². The third-order valence-electron chi connectivity index (χ3n) is 4.86. The second-order valence-corrected chi connectivity index (χ2v) is 9.02. The first kappa shape index (κ1) is 23.3. The second-order valence-electron chi connectivity index (χ2n) is 6.93. The number of ether oxygens (including phenoxy) is 1. The smallest absolute Gasteiger partial charge is 0.214 e. The quantitative estimate of drug-likeness (QED) is 0.368. The molecule has 1 N–H and O–H groups in total. The normalized spacial score (nSPS) is 25.4. The molecule has 28 heavy (non-hydrogen) atoms. The van der Waals surface area contributed by atoms with Crippen molar-refractivity contribution in [2.75, 3.05) is 45.5 Å². The molecule has 0 bridgehead atoms. The molecule has 0 aliphatic carbocycles. The van der Waals surface area contributed by atoms with Crippen LogP contribution in [-0.2, 0) is 14.8 Å². The Morgan fingerprint density at radius 3 is 2.64 bits per heavy atom. The van der Waals surface area contributed by atoms with Crippen molar-refractivity contribution in [1.82, 2.24) is 14.5 Å². The van der Waals surface area contributed by atoms with E-state index in [1.165, 1.54) is 16.4 Å². The van der Waals surface area contributed by atoms with Crippen LogP contribution in [0.1, 0.15) is 25.0 Å². The van der Waals surface area contributed by atoms with Crippen molar-refractivity contribution < 1.29 is 17.5 Å². The first-order valence-corrected chi connectivity index (χ1v) is 10.8. The topological polar surface area (TPSA) is 74.2 Å². The molecular formula is C18H28FIN4O3S. The van der Waals surface area contributed by atoms with E-state index in [0.29, 0.717) is 45.1 Å². The summed E-state index contributed by atoms with van der Waals surface area (Å²) < 4.78 is 44.5. The lowest BCUT2D eigenvalue weighted by Gasteiger charge is -2.38. The van der Waals surface area contributed by atoms with Gasteiger partial charge in [0.1, 0.15) is 11.9 Å². The van der Waals surface area contributed by atoms with Crippen LogP contribution >= 0.6 is 24.0 Å². The molecule has 3 rings (SSSR count). The number of morpholine rings is 1. The van der Waals surface area contributed by atoms with E-state index in [9.17, 15) is 12.8 Å². The van der Waals surface area contributed by atoms with Gasteiger partial charge in [-0.15, -0.1) is 24.0 Å². The molecule has 0 spiro atoms. The number of halogens is 2. The van der Waals surface area contributed by atoms with Crippen LogP contribution in [-0.4, -0.2) is 75.2 Å². The summed E-state index contributed by atoms with van der Waals surface area (Å²) in [5, 5.41) is 3.26. The minimum absolute atomic E-state index is 0. The summed E-state index contributed by atoms with van der Waals surface area (Å²) in [5.74, 6) is 0.685. The number of hydrogen-bond acceptors (Lipinski definition) is 4. The highest BCUT2D eigenvalue weighted by atomic mass is 127. The zero-order chi connectivity index (χ0) is 19.4. The number of sulfonamides is 1. The first-order chi connectivity index (χ1) is 12.9. The van der Waals surface area contributed by atoms with E-state index >= 15 is 0 Å². The number of guanidine groups is 1. The molecule has 2 fully saturated rings. The van der Waals surface area contributed by atoms with Gasteiger partial charge in [0.05, 0.1) is 18.4 Å². The number of nitrogens with one attached hydrogen (secondary N) is 1. The Hall–Kier alpha value is -0.980. The van der Waals surface area contributed by atoms with Crippen molar-refractivity contribution in [3.05, 3.63) is 35.6 Å². The van der Waals surface area contributed by atoms with Gasteiger partial charge in [0.25, 0.3) is 0 Å². The van der Waals surface area contributed by atoms with Gasteiger partial charge in [-0.05, 0) is 31.0 Å². The van der Waals surface area contributed by atoms with Crippen LogP contribution in [0.2, 0.25) is 0 Å². The minimum atomic E-state index is -3.08. The Balaban J connectivity index is 0.00000280. The van der Waals surface area contributed by atoms with Crippen molar-refractivity contribution in [2.24, 2.45) is 4.99 Å². The SMILES string of the molecule is CN=C(NCCN1CCCS1(=O)=O)N1CC(C)OC(c2ccc(F)cc2)C1.I. The standard InChI is InChI=1S/C18H27FN4O3S.HI/c1-14-12-22(13-17(26-14)15-4-6-16(19)7-5-15)18(20-2)21-8-10-23-9-3-11-27(23,24)25;/h4-7,14,17H,3,8-13H2,1-2H3,(H,20,21);1H. The molecule has 0 saturated carbocycles. The Morgan fingerprint density at radius 2 is 2.04 bits per heavy atom. The van der Waals surface area contributed by atoms with Crippen molar-refractivity contribution in [3.8, 4) is 0 Å². The van der Waals surface area contributed by atoms with Crippen LogP contribution in [0, 0.1) is 5.82 Å². The molecule has 7 nitrogen and oxygen atoms in total. The van der Waals surface area contributed by atoms with E-state index in [-0.39, 0.29) is 47.8 Å². The van der Waals surface area contributed by atoms with Crippen LogP contribution in [0.15, 0.2) is 29.3 Å². The summed E-state index contributed by atoms with van der Waals surface area (Å²) in [4.78, 5) is 6.43. The van der Waals surface area contributed by atoms with Gasteiger partial charge in [0, 0.05) is 33.2 Å². The fraction of sp³-hybridized carbons (Fsp3) is 0.611. The summed E-state index contributed by atoms with van der Waals surface area (Å²) >= 11 is 0.